The summed E-state index contributed by atoms with van der Waals surface area (Å²) in [6, 6.07) is 17.7. The molecule has 0 unspecified atom stereocenters. The van der Waals surface area contributed by atoms with Gasteiger partial charge in [-0.2, -0.15) is 10.4 Å². The van der Waals surface area contributed by atoms with Crippen LogP contribution in [-0.2, 0) is 0 Å². The average molecular weight is 270 g/mol. The fraction of sp³-hybridized carbons (Fsp3) is 0. The maximum atomic E-state index is 9.04. The summed E-state index contributed by atoms with van der Waals surface area (Å²) in [5.74, 6) is 0. The number of hydrogen-bond donors (Lipinski definition) is 1. The number of nitrogens with zero attached hydrogens (tertiary/aromatic N) is 3. The highest BCUT2D eigenvalue weighted by Gasteiger charge is 2.10. The molecule has 98 valence electrons. The highest BCUT2D eigenvalue weighted by atomic mass is 15.1. The third-order valence-electron chi connectivity index (χ3n) is 3.57. The van der Waals surface area contributed by atoms with Gasteiger partial charge in [-0.05, 0) is 29.7 Å². The van der Waals surface area contributed by atoms with E-state index in [-0.39, 0.29) is 0 Å². The van der Waals surface area contributed by atoms with Gasteiger partial charge in [-0.3, -0.25) is 10.1 Å². The third-order valence-corrected chi connectivity index (χ3v) is 3.57. The number of benzene rings is 2. The van der Waals surface area contributed by atoms with Gasteiger partial charge in [-0.1, -0.05) is 24.3 Å². The molecular weight excluding hydrogens is 260 g/mol. The molecule has 4 rings (SSSR count). The van der Waals surface area contributed by atoms with Crippen molar-refractivity contribution in [3.8, 4) is 17.5 Å². The molecule has 4 aromatic rings. The molecule has 2 aromatic heterocycles. The molecule has 0 amide bonds. The summed E-state index contributed by atoms with van der Waals surface area (Å²) >= 11 is 0. The molecule has 0 saturated heterocycles. The molecule has 0 aliphatic heterocycles. The lowest BCUT2D eigenvalue weighted by molar-refractivity contribution is 1.11. The van der Waals surface area contributed by atoms with Crippen molar-refractivity contribution in [3.63, 3.8) is 0 Å². The van der Waals surface area contributed by atoms with Crippen LogP contribution in [0, 0.1) is 11.3 Å². The van der Waals surface area contributed by atoms with E-state index in [0.717, 1.165) is 33.1 Å². The molecule has 0 fully saturated rings. The maximum Gasteiger partial charge on any atom is 0.118 e. The Labute approximate surface area is 120 Å². The van der Waals surface area contributed by atoms with Gasteiger partial charge in [0, 0.05) is 17.0 Å². The van der Waals surface area contributed by atoms with Gasteiger partial charge in [0.1, 0.15) is 5.69 Å². The lowest BCUT2D eigenvalue weighted by Crippen LogP contribution is -1.85. The zero-order valence-corrected chi connectivity index (χ0v) is 11.0. The summed E-state index contributed by atoms with van der Waals surface area (Å²) in [7, 11) is 0. The number of fused-ring (bicyclic) bond motifs is 2. The third kappa shape index (κ3) is 1.84. The zero-order valence-electron chi connectivity index (χ0n) is 11.0. The Morgan fingerprint density at radius 3 is 2.71 bits per heavy atom. The summed E-state index contributed by atoms with van der Waals surface area (Å²) < 4.78 is 0. The van der Waals surface area contributed by atoms with Crippen molar-refractivity contribution < 1.29 is 0 Å². The molecule has 0 aliphatic rings. The van der Waals surface area contributed by atoms with E-state index in [0.29, 0.717) is 5.56 Å². The number of nitriles is 1. The summed E-state index contributed by atoms with van der Waals surface area (Å²) in [5.41, 5.74) is 3.09. The topological polar surface area (TPSA) is 65.4 Å². The number of H-pyrrole nitrogens is 1. The van der Waals surface area contributed by atoms with E-state index in [4.69, 9.17) is 5.26 Å². The number of aromatic nitrogens is 3. The van der Waals surface area contributed by atoms with Crippen molar-refractivity contribution in [3.05, 3.63) is 60.3 Å². The van der Waals surface area contributed by atoms with E-state index >= 15 is 0 Å². The van der Waals surface area contributed by atoms with Crippen LogP contribution < -0.4 is 0 Å². The molecule has 21 heavy (non-hydrogen) atoms. The van der Waals surface area contributed by atoms with Gasteiger partial charge in [0.2, 0.25) is 0 Å². The second kappa shape index (κ2) is 4.43. The first-order chi connectivity index (χ1) is 10.3. The molecule has 2 heterocycles. The lowest BCUT2D eigenvalue weighted by atomic mass is 10.1. The second-order valence-electron chi connectivity index (χ2n) is 4.86. The Bertz CT molecular complexity index is 1010. The standard InChI is InChI=1S/C17H10N4/c18-9-11-5-6-15-14(7-11)17(21-20-15)16-8-12-3-1-2-4-13(12)10-19-16/h1-8,10H,(H,20,21). The molecule has 1 N–H and O–H groups in total. The molecule has 0 saturated carbocycles. The SMILES string of the molecule is N#Cc1ccc2[nH]nc(-c3cc4ccccc4cn3)c2c1. The largest absolute Gasteiger partial charge is 0.277 e. The van der Waals surface area contributed by atoms with Gasteiger partial charge in [-0.25, -0.2) is 0 Å². The summed E-state index contributed by atoms with van der Waals surface area (Å²) in [6.07, 6.45) is 1.85. The molecule has 0 spiro atoms. The Hall–Kier alpha value is -3.19. The minimum atomic E-state index is 0.617. The minimum absolute atomic E-state index is 0.617. The van der Waals surface area contributed by atoms with Crippen LogP contribution in [0.2, 0.25) is 0 Å². The smallest absolute Gasteiger partial charge is 0.118 e. The van der Waals surface area contributed by atoms with Gasteiger partial charge < -0.3 is 0 Å². The van der Waals surface area contributed by atoms with Crippen molar-refractivity contribution in [2.75, 3.05) is 0 Å². The normalized spacial score (nSPS) is 10.8. The quantitative estimate of drug-likeness (QED) is 0.574. The van der Waals surface area contributed by atoms with E-state index < -0.39 is 0 Å². The van der Waals surface area contributed by atoms with Crippen LogP contribution in [0.4, 0.5) is 0 Å². The van der Waals surface area contributed by atoms with E-state index in [1.807, 2.05) is 42.6 Å². The van der Waals surface area contributed by atoms with Crippen LogP contribution >= 0.6 is 0 Å². The lowest BCUT2D eigenvalue weighted by Gasteiger charge is -2.01. The molecule has 0 radical (unpaired) electrons. The van der Waals surface area contributed by atoms with E-state index in [1.54, 1.807) is 6.07 Å². The molecule has 0 bridgehead atoms. The Balaban J connectivity index is 1.97. The predicted octanol–water partition coefficient (Wildman–Crippen LogP) is 3.65. The Morgan fingerprint density at radius 1 is 1.00 bits per heavy atom. The second-order valence-corrected chi connectivity index (χ2v) is 4.86. The van der Waals surface area contributed by atoms with Gasteiger partial charge in [0.15, 0.2) is 0 Å². The van der Waals surface area contributed by atoms with Crippen molar-refractivity contribution in [1.82, 2.24) is 15.2 Å². The van der Waals surface area contributed by atoms with Gasteiger partial charge in [-0.15, -0.1) is 0 Å². The molecule has 2 aromatic carbocycles. The number of nitrogens with one attached hydrogen (secondary N) is 1. The van der Waals surface area contributed by atoms with Crippen LogP contribution in [0.1, 0.15) is 5.56 Å². The molecular formula is C17H10N4. The monoisotopic (exact) mass is 270 g/mol. The maximum absolute atomic E-state index is 9.04. The first-order valence-corrected chi connectivity index (χ1v) is 6.58. The van der Waals surface area contributed by atoms with Gasteiger partial charge >= 0.3 is 0 Å². The van der Waals surface area contributed by atoms with Crippen LogP contribution in [0.25, 0.3) is 33.1 Å². The highest BCUT2D eigenvalue weighted by molar-refractivity contribution is 5.95. The van der Waals surface area contributed by atoms with Crippen LogP contribution in [-0.4, -0.2) is 15.2 Å². The number of aromatic amines is 1. The highest BCUT2D eigenvalue weighted by Crippen LogP contribution is 2.27. The number of hydrogen-bond acceptors (Lipinski definition) is 3. The van der Waals surface area contributed by atoms with E-state index in [2.05, 4.69) is 27.3 Å². The van der Waals surface area contributed by atoms with Crippen LogP contribution in [0.5, 0.6) is 0 Å². The van der Waals surface area contributed by atoms with Crippen molar-refractivity contribution in [2.45, 2.75) is 0 Å². The zero-order chi connectivity index (χ0) is 14.2. The molecule has 4 nitrogen and oxygen atoms in total. The predicted molar refractivity (Wildman–Crippen MR) is 81.5 cm³/mol. The first kappa shape index (κ1) is 11.6. The Morgan fingerprint density at radius 2 is 1.86 bits per heavy atom. The van der Waals surface area contributed by atoms with E-state index in [9.17, 15) is 0 Å². The fourth-order valence-corrected chi connectivity index (χ4v) is 2.49. The molecule has 4 heteroatoms. The average Bonchev–Trinajstić information content (AvgIpc) is 2.97. The van der Waals surface area contributed by atoms with Gasteiger partial charge in [0.05, 0.1) is 22.8 Å². The molecule has 0 aliphatic carbocycles. The van der Waals surface area contributed by atoms with Crippen molar-refractivity contribution in [2.24, 2.45) is 0 Å². The fourth-order valence-electron chi connectivity index (χ4n) is 2.49. The Kier molecular flexibility index (Phi) is 2.45. The van der Waals surface area contributed by atoms with Crippen LogP contribution in [0.3, 0.4) is 0 Å². The minimum Gasteiger partial charge on any atom is -0.277 e. The first-order valence-electron chi connectivity index (χ1n) is 6.58. The molecule has 0 atom stereocenters. The summed E-state index contributed by atoms with van der Waals surface area (Å²) in [4.78, 5) is 4.49. The van der Waals surface area contributed by atoms with Crippen LogP contribution in [0.15, 0.2) is 54.7 Å². The van der Waals surface area contributed by atoms with Crippen molar-refractivity contribution in [1.29, 1.82) is 5.26 Å². The summed E-state index contributed by atoms with van der Waals surface area (Å²) in [5, 5.41) is 19.5. The van der Waals surface area contributed by atoms with E-state index in [1.165, 1.54) is 0 Å². The van der Waals surface area contributed by atoms with Crippen molar-refractivity contribution >= 4 is 21.7 Å². The number of pyridine rings is 1. The van der Waals surface area contributed by atoms with Gasteiger partial charge in [0.25, 0.3) is 0 Å². The summed E-state index contributed by atoms with van der Waals surface area (Å²) in [6.45, 7) is 0. The number of rotatable bonds is 1.